The van der Waals surface area contributed by atoms with E-state index in [1.54, 1.807) is 20.0 Å². The predicted octanol–water partition coefficient (Wildman–Crippen LogP) is 3.28. The number of anilines is 1. The monoisotopic (exact) mass is 196 g/mol. The lowest BCUT2D eigenvalue weighted by Crippen LogP contribution is -2.00. The second-order valence-electron chi connectivity index (χ2n) is 2.56. The molecule has 2 N–H and O–H groups in total. The van der Waals surface area contributed by atoms with E-state index in [0.29, 0.717) is 11.4 Å². The van der Waals surface area contributed by atoms with Gasteiger partial charge in [0, 0.05) is 24.0 Å². The van der Waals surface area contributed by atoms with Gasteiger partial charge in [0.1, 0.15) is 5.82 Å². The van der Waals surface area contributed by atoms with Crippen LogP contribution in [0.25, 0.3) is 0 Å². The molecule has 0 atom stereocenters. The largest absolute Gasteiger partial charge is 0.387 e. The van der Waals surface area contributed by atoms with Crippen molar-refractivity contribution in [2.45, 2.75) is 20.8 Å². The van der Waals surface area contributed by atoms with Gasteiger partial charge in [0.05, 0.1) is 0 Å². The van der Waals surface area contributed by atoms with Crippen LogP contribution in [0, 0.1) is 11.2 Å². The lowest BCUT2D eigenvalue weighted by atomic mass is 10.1. The van der Waals surface area contributed by atoms with E-state index in [9.17, 15) is 4.39 Å². The van der Waals surface area contributed by atoms with Crippen molar-refractivity contribution in [1.82, 2.24) is 0 Å². The average Bonchev–Trinajstić information content (AvgIpc) is 2.20. The zero-order valence-corrected chi connectivity index (χ0v) is 9.11. The second kappa shape index (κ2) is 6.13. The third-order valence-electron chi connectivity index (χ3n) is 1.65. The van der Waals surface area contributed by atoms with Crippen LogP contribution in [0.4, 0.5) is 10.1 Å². The van der Waals surface area contributed by atoms with Gasteiger partial charge in [0.15, 0.2) is 0 Å². The van der Waals surface area contributed by atoms with Crippen LogP contribution in [0.3, 0.4) is 0 Å². The Morgan fingerprint density at radius 2 is 1.93 bits per heavy atom. The van der Waals surface area contributed by atoms with Crippen molar-refractivity contribution in [2.24, 2.45) is 0 Å². The zero-order chi connectivity index (χ0) is 11.1. The molecule has 0 aliphatic rings. The summed E-state index contributed by atoms with van der Waals surface area (Å²) in [6.45, 7) is 5.67. The third-order valence-corrected chi connectivity index (χ3v) is 1.65. The van der Waals surface area contributed by atoms with E-state index in [4.69, 9.17) is 5.41 Å². The van der Waals surface area contributed by atoms with Crippen molar-refractivity contribution in [1.29, 1.82) is 5.41 Å². The Bertz CT molecular complexity index is 308. The molecule has 14 heavy (non-hydrogen) atoms. The van der Waals surface area contributed by atoms with Gasteiger partial charge >= 0.3 is 0 Å². The summed E-state index contributed by atoms with van der Waals surface area (Å²) >= 11 is 0. The van der Waals surface area contributed by atoms with Gasteiger partial charge in [0.2, 0.25) is 0 Å². The van der Waals surface area contributed by atoms with Crippen molar-refractivity contribution < 1.29 is 4.39 Å². The first-order chi connectivity index (χ1) is 6.65. The van der Waals surface area contributed by atoms with Crippen LogP contribution in [-0.2, 0) is 0 Å². The molecular formula is C11H17FN2. The minimum Gasteiger partial charge on any atom is -0.387 e. The molecule has 0 saturated carbocycles. The predicted molar refractivity (Wildman–Crippen MR) is 59.8 cm³/mol. The summed E-state index contributed by atoms with van der Waals surface area (Å²) in [7, 11) is 1.71. The molecule has 0 bridgehead atoms. The van der Waals surface area contributed by atoms with E-state index in [-0.39, 0.29) is 5.82 Å². The van der Waals surface area contributed by atoms with Crippen molar-refractivity contribution in [3.8, 4) is 0 Å². The number of nitrogens with one attached hydrogen (secondary N) is 2. The number of rotatable bonds is 2. The molecule has 0 aliphatic heterocycles. The molecule has 1 rings (SSSR count). The van der Waals surface area contributed by atoms with Crippen LogP contribution in [-0.4, -0.2) is 12.8 Å². The highest BCUT2D eigenvalue weighted by atomic mass is 19.1. The van der Waals surface area contributed by atoms with E-state index in [1.165, 1.54) is 12.1 Å². The Kier molecular flexibility index (Phi) is 5.53. The third kappa shape index (κ3) is 3.17. The maximum atomic E-state index is 12.7. The second-order valence-corrected chi connectivity index (χ2v) is 2.56. The van der Waals surface area contributed by atoms with Crippen molar-refractivity contribution in [2.75, 3.05) is 12.4 Å². The molecule has 1 aromatic rings. The average molecular weight is 196 g/mol. The molecule has 0 fully saturated rings. The number of halogens is 1. The van der Waals surface area contributed by atoms with Gasteiger partial charge in [-0.05, 0) is 25.1 Å². The Balaban J connectivity index is 0.000000791. The molecule has 0 heterocycles. The lowest BCUT2D eigenvalue weighted by molar-refractivity contribution is 0.628. The molecule has 2 nitrogen and oxygen atoms in total. The van der Waals surface area contributed by atoms with Gasteiger partial charge in [-0.1, -0.05) is 13.8 Å². The molecule has 0 radical (unpaired) electrons. The number of hydrogen-bond acceptors (Lipinski definition) is 2. The maximum absolute atomic E-state index is 12.7. The Morgan fingerprint density at radius 3 is 2.36 bits per heavy atom. The summed E-state index contributed by atoms with van der Waals surface area (Å²) in [5.74, 6) is -0.288. The quantitative estimate of drug-likeness (QED) is 0.699. The molecule has 0 spiro atoms. The van der Waals surface area contributed by atoms with Crippen LogP contribution >= 0.6 is 0 Å². The first-order valence-corrected chi connectivity index (χ1v) is 4.68. The van der Waals surface area contributed by atoms with E-state index in [1.807, 2.05) is 13.8 Å². The van der Waals surface area contributed by atoms with E-state index >= 15 is 0 Å². The van der Waals surface area contributed by atoms with Crippen LogP contribution < -0.4 is 5.32 Å². The Labute approximate surface area is 84.7 Å². The minimum absolute atomic E-state index is 0.288. The molecule has 0 aromatic heterocycles. The van der Waals surface area contributed by atoms with Crippen LogP contribution in [0.5, 0.6) is 0 Å². The Hall–Kier alpha value is -1.38. The molecular weight excluding hydrogens is 179 g/mol. The fraction of sp³-hybridized carbons (Fsp3) is 0.364. The SMILES string of the molecule is CC.CNc1cc(F)ccc1C(C)=N. The van der Waals surface area contributed by atoms with Gasteiger partial charge in [0.25, 0.3) is 0 Å². The molecule has 78 valence electrons. The van der Waals surface area contributed by atoms with Crippen molar-refractivity contribution >= 4 is 11.4 Å². The van der Waals surface area contributed by atoms with Gasteiger partial charge in [-0.15, -0.1) is 0 Å². The summed E-state index contributed by atoms with van der Waals surface area (Å²) in [6.07, 6.45) is 0. The number of benzene rings is 1. The van der Waals surface area contributed by atoms with Crippen LogP contribution in [0.1, 0.15) is 26.3 Å². The fourth-order valence-corrected chi connectivity index (χ4v) is 1.05. The molecule has 0 saturated heterocycles. The van der Waals surface area contributed by atoms with Crippen LogP contribution in [0.15, 0.2) is 18.2 Å². The standard InChI is InChI=1S/C9H11FN2.C2H6/c1-6(11)8-4-3-7(10)5-9(8)12-2;1-2/h3-5,11-12H,1-2H3;1-2H3. The fourth-order valence-electron chi connectivity index (χ4n) is 1.05. The first-order valence-electron chi connectivity index (χ1n) is 4.68. The zero-order valence-electron chi connectivity index (χ0n) is 9.11. The molecule has 3 heteroatoms. The minimum atomic E-state index is -0.288. The summed E-state index contributed by atoms with van der Waals surface area (Å²) in [5.41, 5.74) is 1.82. The Morgan fingerprint density at radius 1 is 1.36 bits per heavy atom. The molecule has 0 unspecified atom stereocenters. The highest BCUT2D eigenvalue weighted by molar-refractivity contribution is 6.01. The van der Waals surface area contributed by atoms with Gasteiger partial charge in [-0.2, -0.15) is 0 Å². The van der Waals surface area contributed by atoms with E-state index < -0.39 is 0 Å². The maximum Gasteiger partial charge on any atom is 0.125 e. The van der Waals surface area contributed by atoms with Gasteiger partial charge < -0.3 is 10.7 Å². The summed E-state index contributed by atoms with van der Waals surface area (Å²) in [5, 5.41) is 10.2. The summed E-state index contributed by atoms with van der Waals surface area (Å²) < 4.78 is 12.7. The highest BCUT2D eigenvalue weighted by Crippen LogP contribution is 2.16. The smallest absolute Gasteiger partial charge is 0.125 e. The highest BCUT2D eigenvalue weighted by Gasteiger charge is 2.03. The topological polar surface area (TPSA) is 35.9 Å². The molecule has 0 amide bonds. The normalized spacial score (nSPS) is 8.64. The first kappa shape index (κ1) is 12.6. The summed E-state index contributed by atoms with van der Waals surface area (Å²) in [4.78, 5) is 0. The lowest BCUT2D eigenvalue weighted by Gasteiger charge is -2.06. The van der Waals surface area contributed by atoms with Gasteiger partial charge in [-0.3, -0.25) is 0 Å². The van der Waals surface area contributed by atoms with Gasteiger partial charge in [-0.25, -0.2) is 4.39 Å². The summed E-state index contributed by atoms with van der Waals surface area (Å²) in [6, 6.07) is 4.34. The molecule has 0 aliphatic carbocycles. The van der Waals surface area contributed by atoms with E-state index in [0.717, 1.165) is 5.56 Å². The van der Waals surface area contributed by atoms with Crippen LogP contribution in [0.2, 0.25) is 0 Å². The van der Waals surface area contributed by atoms with Crippen molar-refractivity contribution in [3.63, 3.8) is 0 Å². The molecule has 1 aromatic carbocycles. The van der Waals surface area contributed by atoms with Crippen molar-refractivity contribution in [3.05, 3.63) is 29.6 Å². The number of hydrogen-bond donors (Lipinski definition) is 2. The van der Waals surface area contributed by atoms with E-state index in [2.05, 4.69) is 5.32 Å².